The average molecular weight is 612 g/mol. The first kappa shape index (κ1) is 31.0. The highest BCUT2D eigenvalue weighted by atomic mass is 32.2. The first-order valence-electron chi connectivity index (χ1n) is 12.6. The van der Waals surface area contributed by atoms with Crippen molar-refractivity contribution in [3.63, 3.8) is 0 Å². The maximum Gasteiger partial charge on any atom is 0.418 e. The van der Waals surface area contributed by atoms with Crippen molar-refractivity contribution in [2.24, 2.45) is 0 Å². The molecular weight excluding hydrogens is 583 g/mol. The largest absolute Gasteiger partial charge is 0.450 e. The number of carbonyl (C=O) groups is 1. The lowest BCUT2D eigenvalue weighted by molar-refractivity contribution is -0.136. The average Bonchev–Trinajstić information content (AvgIpc) is 3.30. The molecule has 0 spiro atoms. The number of carbonyl (C=O) groups excluding carboxylic acids is 1. The summed E-state index contributed by atoms with van der Waals surface area (Å²) in [7, 11) is 0.167. The van der Waals surface area contributed by atoms with Crippen LogP contribution in [0.25, 0.3) is 11.0 Å². The molecule has 0 unspecified atom stereocenters. The van der Waals surface area contributed by atoms with Crippen LogP contribution >= 0.6 is 0 Å². The monoisotopic (exact) mass is 611 g/mol. The van der Waals surface area contributed by atoms with Gasteiger partial charge in [-0.2, -0.15) is 13.2 Å². The molecule has 42 heavy (non-hydrogen) atoms. The van der Waals surface area contributed by atoms with Crippen LogP contribution in [0.1, 0.15) is 24.7 Å². The minimum absolute atomic E-state index is 0.130. The Labute approximate surface area is 240 Å². The Bertz CT molecular complexity index is 1540. The summed E-state index contributed by atoms with van der Waals surface area (Å²) in [5.41, 5.74) is -1.26. The molecule has 0 aliphatic rings. The van der Waals surface area contributed by atoms with E-state index in [1.54, 1.807) is 6.92 Å². The summed E-state index contributed by atoms with van der Waals surface area (Å²) in [6.07, 6.45) is 4.79. The summed E-state index contributed by atoms with van der Waals surface area (Å²) < 4.78 is 84.1. The van der Waals surface area contributed by atoms with Gasteiger partial charge in [0.1, 0.15) is 29.2 Å². The van der Waals surface area contributed by atoms with Gasteiger partial charge in [0, 0.05) is 36.6 Å². The van der Waals surface area contributed by atoms with Crippen molar-refractivity contribution in [2.45, 2.75) is 38.4 Å². The number of nitrogens with one attached hydrogen (secondary N) is 2. The number of ether oxygens (including phenoxy) is 2. The molecule has 0 saturated heterocycles. The zero-order valence-electron chi connectivity index (χ0n) is 23.1. The number of amides is 2. The summed E-state index contributed by atoms with van der Waals surface area (Å²) in [4.78, 5) is 24.1. The lowest BCUT2D eigenvalue weighted by Gasteiger charge is -2.13. The summed E-state index contributed by atoms with van der Waals surface area (Å²) in [6, 6.07) is 1.79. The van der Waals surface area contributed by atoms with Crippen LogP contribution in [0.15, 0.2) is 43.0 Å². The molecule has 0 fully saturated rings. The molecule has 0 saturated carbocycles. The van der Waals surface area contributed by atoms with Crippen LogP contribution < -0.4 is 15.4 Å². The number of aromatic nitrogens is 4. The van der Waals surface area contributed by atoms with Crippen LogP contribution in [0.5, 0.6) is 11.5 Å². The molecule has 1 atom stereocenters. The number of hydrogen-bond donors (Lipinski definition) is 2. The van der Waals surface area contributed by atoms with Gasteiger partial charge in [-0.3, -0.25) is 0 Å². The molecule has 4 rings (SSSR count). The fourth-order valence-electron chi connectivity index (χ4n) is 3.82. The molecule has 2 N–H and O–H groups in total. The number of anilines is 2. The van der Waals surface area contributed by atoms with Crippen molar-refractivity contribution in [2.75, 3.05) is 29.8 Å². The van der Waals surface area contributed by atoms with Crippen molar-refractivity contribution in [3.8, 4) is 11.5 Å². The van der Waals surface area contributed by atoms with E-state index in [1.165, 1.54) is 23.2 Å². The minimum Gasteiger partial charge on any atom is -0.450 e. The van der Waals surface area contributed by atoms with E-state index < -0.39 is 46.3 Å². The van der Waals surface area contributed by atoms with Gasteiger partial charge in [-0.1, -0.05) is 0 Å². The van der Waals surface area contributed by atoms with Crippen LogP contribution in [0.2, 0.25) is 0 Å². The summed E-state index contributed by atoms with van der Waals surface area (Å²) in [5.74, 6) is -3.46. The van der Waals surface area contributed by atoms with Gasteiger partial charge in [0.15, 0.2) is 17.4 Å². The number of nitrogens with zero attached hydrogens (tertiary/aromatic N) is 4. The first-order valence-corrected chi connectivity index (χ1v) is 14.7. The van der Waals surface area contributed by atoms with Gasteiger partial charge in [-0.25, -0.2) is 28.5 Å². The molecular formula is C27H28F5N6O3S+. The first-order chi connectivity index (χ1) is 19.8. The van der Waals surface area contributed by atoms with E-state index in [2.05, 4.69) is 45.0 Å². The van der Waals surface area contributed by atoms with Gasteiger partial charge in [0.25, 0.3) is 0 Å². The predicted octanol–water partition coefficient (Wildman–Crippen LogP) is 6.50. The second-order valence-electron chi connectivity index (χ2n) is 9.50. The Kier molecular flexibility index (Phi) is 9.51. The number of hydrogen-bond acceptors (Lipinski definition) is 6. The minimum atomic E-state index is -4.82. The maximum atomic E-state index is 15.0. The molecule has 0 bridgehead atoms. The molecule has 15 heteroatoms. The normalized spacial score (nSPS) is 12.5. The third-order valence-electron chi connectivity index (χ3n) is 6.24. The number of aryl methyl sites for hydroxylation is 1. The second-order valence-corrected chi connectivity index (χ2v) is 12.1. The zero-order valence-corrected chi connectivity index (χ0v) is 23.9. The summed E-state index contributed by atoms with van der Waals surface area (Å²) in [6.45, 7) is 3.84. The van der Waals surface area contributed by atoms with Gasteiger partial charge in [0.2, 0.25) is 0 Å². The lowest BCUT2D eigenvalue weighted by Crippen LogP contribution is -2.20. The van der Waals surface area contributed by atoms with Crippen molar-refractivity contribution in [1.29, 1.82) is 0 Å². The Morgan fingerprint density at radius 3 is 2.33 bits per heavy atom. The van der Waals surface area contributed by atoms with E-state index in [4.69, 9.17) is 9.47 Å². The number of fused-ring (bicyclic) bond motifs is 1. The SMILES string of the molecule is Cc1ncc(NC(=O)Nc2cc(F)c(Oc3ccnc4c3c(C(F)(F)F)cn4COCC[C@H](C)[S+](C)C)c(F)c2)cn1. The number of halogens is 5. The molecule has 9 nitrogen and oxygen atoms in total. The van der Waals surface area contributed by atoms with E-state index in [0.717, 1.165) is 30.8 Å². The Morgan fingerprint density at radius 2 is 1.71 bits per heavy atom. The number of alkyl halides is 3. The van der Waals surface area contributed by atoms with Crippen LogP contribution in [0, 0.1) is 18.6 Å². The highest BCUT2D eigenvalue weighted by Gasteiger charge is 2.37. The van der Waals surface area contributed by atoms with Crippen molar-refractivity contribution < 1.29 is 36.2 Å². The molecule has 224 valence electrons. The number of rotatable bonds is 10. The van der Waals surface area contributed by atoms with Gasteiger partial charge < -0.3 is 24.7 Å². The third kappa shape index (κ3) is 7.45. The van der Waals surface area contributed by atoms with Crippen LogP contribution in [-0.2, 0) is 28.5 Å². The molecule has 0 radical (unpaired) electrons. The van der Waals surface area contributed by atoms with Gasteiger partial charge in [0.05, 0.1) is 48.1 Å². The number of urea groups is 1. The number of benzene rings is 1. The van der Waals surface area contributed by atoms with E-state index in [0.29, 0.717) is 17.7 Å². The molecule has 3 heterocycles. The standard InChI is InChI=1S/C27H27F5N6O3S/c1-15(42(3)4)6-8-40-14-38-13-19(27(30,31)32)23-22(5-7-33-25(23)38)41-24-20(28)9-17(10-21(24)29)36-26(39)37-18-11-34-16(2)35-12-18/h5,7,9-13,15H,6,8,14H2,1-4H3,(H-,36,37,39)/p+1/t15-/m0/s1. The van der Waals surface area contributed by atoms with Crippen LogP contribution in [-0.4, -0.2) is 49.9 Å². The Morgan fingerprint density at radius 1 is 1.07 bits per heavy atom. The van der Waals surface area contributed by atoms with E-state index >= 15 is 0 Å². The smallest absolute Gasteiger partial charge is 0.418 e. The molecule has 3 aromatic heterocycles. The van der Waals surface area contributed by atoms with Crippen LogP contribution in [0.3, 0.4) is 0 Å². The van der Waals surface area contributed by atoms with E-state index in [1.807, 2.05) is 0 Å². The van der Waals surface area contributed by atoms with Gasteiger partial charge in [-0.05, 0) is 30.8 Å². The Balaban J connectivity index is 1.56. The highest BCUT2D eigenvalue weighted by molar-refractivity contribution is 7.96. The Hall–Kier alpha value is -3.98. The molecule has 0 aliphatic heterocycles. The summed E-state index contributed by atoms with van der Waals surface area (Å²) in [5, 5.41) is 4.57. The summed E-state index contributed by atoms with van der Waals surface area (Å²) >= 11 is 0. The van der Waals surface area contributed by atoms with E-state index in [-0.39, 0.29) is 34.6 Å². The molecule has 2 amide bonds. The molecule has 0 aliphatic carbocycles. The van der Waals surface area contributed by atoms with Crippen molar-refractivity contribution in [1.82, 2.24) is 19.5 Å². The third-order valence-corrected chi connectivity index (χ3v) is 8.08. The highest BCUT2D eigenvalue weighted by Crippen LogP contribution is 2.42. The second kappa shape index (κ2) is 12.9. The fourth-order valence-corrected chi connectivity index (χ4v) is 4.39. The fraction of sp³-hybridized carbons (Fsp3) is 0.333. The van der Waals surface area contributed by atoms with Crippen molar-refractivity contribution >= 4 is 39.3 Å². The van der Waals surface area contributed by atoms with Crippen LogP contribution in [0.4, 0.5) is 38.1 Å². The predicted molar refractivity (Wildman–Crippen MR) is 150 cm³/mol. The van der Waals surface area contributed by atoms with Gasteiger partial charge in [-0.15, -0.1) is 0 Å². The molecule has 1 aromatic carbocycles. The molecule has 4 aromatic rings. The number of pyridine rings is 1. The van der Waals surface area contributed by atoms with E-state index in [9.17, 15) is 26.7 Å². The lowest BCUT2D eigenvalue weighted by atomic mass is 10.2. The maximum absolute atomic E-state index is 15.0. The zero-order chi connectivity index (χ0) is 30.6. The van der Waals surface area contributed by atoms with Crippen molar-refractivity contribution in [3.05, 3.63) is 66.0 Å². The quantitative estimate of drug-likeness (QED) is 0.121. The van der Waals surface area contributed by atoms with Gasteiger partial charge >= 0.3 is 12.2 Å². The topological polar surface area (TPSA) is 103 Å².